The van der Waals surface area contributed by atoms with Gasteiger partial charge in [-0.15, -0.1) is 0 Å². The zero-order valence-electron chi connectivity index (χ0n) is 11.6. The monoisotopic (exact) mass is 260 g/mol. The van der Waals surface area contributed by atoms with Crippen molar-refractivity contribution in [2.24, 2.45) is 0 Å². The summed E-state index contributed by atoms with van der Waals surface area (Å²) in [5.41, 5.74) is 2.07. The van der Waals surface area contributed by atoms with E-state index in [0.29, 0.717) is 5.75 Å². The molecule has 0 aliphatic heterocycles. The van der Waals surface area contributed by atoms with Gasteiger partial charge in [-0.2, -0.15) is 4.39 Å². The summed E-state index contributed by atoms with van der Waals surface area (Å²) in [6.07, 6.45) is 1.15. The molecule has 3 nitrogen and oxygen atoms in total. The number of aromatic nitrogens is 2. The van der Waals surface area contributed by atoms with E-state index in [9.17, 15) is 4.39 Å². The van der Waals surface area contributed by atoms with Gasteiger partial charge in [-0.05, 0) is 24.0 Å². The molecular formula is C15H17FN2O. The second kappa shape index (κ2) is 4.96. The first kappa shape index (κ1) is 13.5. The summed E-state index contributed by atoms with van der Waals surface area (Å²) in [5.74, 6) is 0.309. The minimum Gasteiger partial charge on any atom is -0.438 e. The van der Waals surface area contributed by atoms with E-state index in [1.165, 1.54) is 6.07 Å². The molecule has 0 radical (unpaired) electrons. The quantitative estimate of drug-likeness (QED) is 0.765. The molecule has 0 saturated heterocycles. The Hall–Kier alpha value is -1.97. The van der Waals surface area contributed by atoms with Crippen molar-refractivity contribution in [2.75, 3.05) is 0 Å². The number of hydrogen-bond acceptors (Lipinski definition) is 3. The van der Waals surface area contributed by atoms with Gasteiger partial charge in [-0.3, -0.25) is 0 Å². The van der Waals surface area contributed by atoms with Crippen LogP contribution in [0.5, 0.6) is 11.6 Å². The molecule has 0 amide bonds. The molecular weight excluding hydrogens is 243 g/mol. The summed E-state index contributed by atoms with van der Waals surface area (Å²) >= 11 is 0. The predicted octanol–water partition coefficient (Wildman–Crippen LogP) is 4.01. The highest BCUT2D eigenvalue weighted by Gasteiger charge is 2.19. The van der Waals surface area contributed by atoms with Crippen LogP contribution >= 0.6 is 0 Å². The topological polar surface area (TPSA) is 35.0 Å². The van der Waals surface area contributed by atoms with Crippen molar-refractivity contribution in [2.45, 2.75) is 33.1 Å². The van der Waals surface area contributed by atoms with Crippen LogP contribution in [0.3, 0.4) is 0 Å². The minimum absolute atomic E-state index is 0.0609. The van der Waals surface area contributed by atoms with Crippen LogP contribution in [0.4, 0.5) is 4.39 Å². The maximum absolute atomic E-state index is 13.1. The second-order valence-corrected chi connectivity index (χ2v) is 5.53. The molecule has 0 bridgehead atoms. The summed E-state index contributed by atoms with van der Waals surface area (Å²) in [6, 6.07) is 7.17. The van der Waals surface area contributed by atoms with Crippen LogP contribution in [-0.4, -0.2) is 9.97 Å². The second-order valence-electron chi connectivity index (χ2n) is 5.53. The van der Waals surface area contributed by atoms with Crippen molar-refractivity contribution in [3.63, 3.8) is 0 Å². The predicted molar refractivity (Wildman–Crippen MR) is 71.9 cm³/mol. The molecule has 4 heteroatoms. The number of rotatable bonds is 2. The summed E-state index contributed by atoms with van der Waals surface area (Å²) in [5, 5.41) is 0. The van der Waals surface area contributed by atoms with Crippen molar-refractivity contribution in [1.29, 1.82) is 0 Å². The number of halogens is 1. The molecule has 1 aromatic carbocycles. The normalized spacial score (nSPS) is 11.4. The molecule has 0 N–H and O–H groups in total. The third-order valence-corrected chi connectivity index (χ3v) is 2.77. The highest BCUT2D eigenvalue weighted by atomic mass is 19.1. The summed E-state index contributed by atoms with van der Waals surface area (Å²) in [7, 11) is 0. The Bertz CT molecular complexity index is 591. The molecule has 0 aliphatic rings. The molecule has 0 saturated carbocycles. The van der Waals surface area contributed by atoms with Crippen LogP contribution in [0, 0.1) is 12.9 Å². The average molecular weight is 260 g/mol. The lowest BCUT2D eigenvalue weighted by Crippen LogP contribution is -2.12. The van der Waals surface area contributed by atoms with Crippen molar-refractivity contribution in [1.82, 2.24) is 9.97 Å². The molecule has 100 valence electrons. The van der Waals surface area contributed by atoms with E-state index in [1.54, 1.807) is 0 Å². The van der Waals surface area contributed by atoms with E-state index in [1.807, 2.05) is 25.1 Å². The van der Waals surface area contributed by atoms with E-state index in [4.69, 9.17) is 4.74 Å². The maximum Gasteiger partial charge on any atom is 0.225 e. The summed E-state index contributed by atoms with van der Waals surface area (Å²) in [6.45, 7) is 8.29. The van der Waals surface area contributed by atoms with Crippen LogP contribution in [0.25, 0.3) is 0 Å². The Morgan fingerprint density at radius 3 is 2.47 bits per heavy atom. The molecule has 0 spiro atoms. The molecule has 19 heavy (non-hydrogen) atoms. The van der Waals surface area contributed by atoms with Crippen molar-refractivity contribution in [3.8, 4) is 11.6 Å². The first-order chi connectivity index (χ1) is 8.86. The first-order valence-electron chi connectivity index (χ1n) is 6.13. The number of nitrogens with zero attached hydrogens (tertiary/aromatic N) is 2. The van der Waals surface area contributed by atoms with Gasteiger partial charge in [0, 0.05) is 5.56 Å². The third kappa shape index (κ3) is 3.28. The maximum atomic E-state index is 13.1. The fourth-order valence-corrected chi connectivity index (χ4v) is 1.82. The van der Waals surface area contributed by atoms with Gasteiger partial charge in [0.1, 0.15) is 12.1 Å². The zero-order valence-corrected chi connectivity index (χ0v) is 11.6. The lowest BCUT2D eigenvalue weighted by molar-refractivity contribution is 0.431. The number of aryl methyl sites for hydroxylation is 1. The summed E-state index contributed by atoms with van der Waals surface area (Å²) < 4.78 is 18.8. The van der Waals surface area contributed by atoms with Gasteiger partial charge >= 0.3 is 0 Å². The van der Waals surface area contributed by atoms with Gasteiger partial charge in [0.25, 0.3) is 0 Å². The Morgan fingerprint density at radius 2 is 1.84 bits per heavy atom. The highest BCUT2D eigenvalue weighted by Crippen LogP contribution is 2.34. The molecule has 0 aliphatic carbocycles. The van der Waals surface area contributed by atoms with Gasteiger partial charge in [0.05, 0.1) is 6.07 Å². The number of hydrogen-bond donors (Lipinski definition) is 0. The van der Waals surface area contributed by atoms with E-state index < -0.39 is 5.95 Å². The number of benzene rings is 1. The van der Waals surface area contributed by atoms with Crippen molar-refractivity contribution in [3.05, 3.63) is 47.7 Å². The number of ether oxygens (including phenoxy) is 1. The van der Waals surface area contributed by atoms with Crippen molar-refractivity contribution >= 4 is 0 Å². The van der Waals surface area contributed by atoms with Crippen LogP contribution in [0.2, 0.25) is 0 Å². The van der Waals surface area contributed by atoms with E-state index in [0.717, 1.165) is 17.5 Å². The fourth-order valence-electron chi connectivity index (χ4n) is 1.82. The molecule has 1 aromatic heterocycles. The highest BCUT2D eigenvalue weighted by molar-refractivity contribution is 5.43. The summed E-state index contributed by atoms with van der Waals surface area (Å²) in [4.78, 5) is 7.33. The molecule has 0 fully saturated rings. The van der Waals surface area contributed by atoms with Crippen LogP contribution in [0.1, 0.15) is 31.9 Å². The van der Waals surface area contributed by atoms with Crippen LogP contribution in [0.15, 0.2) is 30.6 Å². The lowest BCUT2D eigenvalue weighted by atomic mass is 9.86. The van der Waals surface area contributed by atoms with E-state index >= 15 is 0 Å². The fraction of sp³-hybridized carbons (Fsp3) is 0.333. The molecule has 2 aromatic rings. The first-order valence-corrected chi connectivity index (χ1v) is 6.13. The van der Waals surface area contributed by atoms with Gasteiger partial charge in [0.15, 0.2) is 0 Å². The van der Waals surface area contributed by atoms with E-state index in [2.05, 4.69) is 30.7 Å². The SMILES string of the molecule is Cc1ccc(C(C)(C)C)c(Oc2cc(F)ncn2)c1. The lowest BCUT2D eigenvalue weighted by Gasteiger charge is -2.22. The Kier molecular flexibility index (Phi) is 3.51. The Labute approximate surface area is 112 Å². The van der Waals surface area contributed by atoms with Crippen LogP contribution in [-0.2, 0) is 5.41 Å². The third-order valence-electron chi connectivity index (χ3n) is 2.77. The zero-order chi connectivity index (χ0) is 14.0. The standard InChI is InChI=1S/C15H17FN2O/c1-10-5-6-11(15(2,3)4)12(7-10)19-14-8-13(16)17-9-18-14/h5-9H,1-4H3. The Balaban J connectivity index is 2.41. The van der Waals surface area contributed by atoms with Crippen molar-refractivity contribution < 1.29 is 9.13 Å². The van der Waals surface area contributed by atoms with Gasteiger partial charge in [-0.1, -0.05) is 32.9 Å². The largest absolute Gasteiger partial charge is 0.438 e. The van der Waals surface area contributed by atoms with Crippen LogP contribution < -0.4 is 4.74 Å². The molecule has 0 atom stereocenters. The van der Waals surface area contributed by atoms with Gasteiger partial charge in [-0.25, -0.2) is 9.97 Å². The average Bonchev–Trinajstić information content (AvgIpc) is 2.27. The van der Waals surface area contributed by atoms with E-state index in [-0.39, 0.29) is 11.3 Å². The molecule has 1 heterocycles. The smallest absolute Gasteiger partial charge is 0.225 e. The van der Waals surface area contributed by atoms with Gasteiger partial charge in [0.2, 0.25) is 11.8 Å². The molecule has 2 rings (SSSR count). The van der Waals surface area contributed by atoms with Gasteiger partial charge < -0.3 is 4.74 Å². The molecule has 0 unspecified atom stereocenters. The Morgan fingerprint density at radius 1 is 1.11 bits per heavy atom. The minimum atomic E-state index is -0.602.